The zero-order valence-corrected chi connectivity index (χ0v) is 20.8. The molecule has 2 heterocycles. The molecule has 2 aliphatic heterocycles. The number of amides is 1. The Kier molecular flexibility index (Phi) is 7.28. The summed E-state index contributed by atoms with van der Waals surface area (Å²) in [6, 6.07) is 13.7. The van der Waals surface area contributed by atoms with E-state index < -0.39 is 10.0 Å². The fourth-order valence-corrected chi connectivity index (χ4v) is 5.48. The zero-order chi connectivity index (χ0) is 23.6. The van der Waals surface area contributed by atoms with Crippen LogP contribution in [0, 0.1) is 6.92 Å². The largest absolute Gasteiger partial charge is 0.368 e. The van der Waals surface area contributed by atoms with Crippen LogP contribution in [0.3, 0.4) is 0 Å². The number of piperazine rings is 2. The van der Waals surface area contributed by atoms with Crippen LogP contribution in [0.15, 0.2) is 42.5 Å². The first-order valence-electron chi connectivity index (χ1n) is 11.3. The molecule has 2 aromatic rings. The lowest BCUT2D eigenvalue weighted by Gasteiger charge is -2.37. The number of anilines is 1. The van der Waals surface area contributed by atoms with Crippen LogP contribution in [0.1, 0.15) is 21.5 Å². The third-order valence-electron chi connectivity index (χ3n) is 6.49. The van der Waals surface area contributed by atoms with Crippen LogP contribution in [0.5, 0.6) is 0 Å². The summed E-state index contributed by atoms with van der Waals surface area (Å²) in [4.78, 5) is 19.5. The zero-order valence-electron chi connectivity index (χ0n) is 19.2. The average molecular weight is 491 g/mol. The van der Waals surface area contributed by atoms with E-state index in [1.807, 2.05) is 47.4 Å². The van der Waals surface area contributed by atoms with Crippen LogP contribution in [0.25, 0.3) is 0 Å². The molecule has 0 radical (unpaired) electrons. The Bertz CT molecular complexity index is 1090. The standard InChI is InChI=1S/C24H31ClN4O3S/c1-19-3-8-22(25)17-23(19)27-11-13-28(14-12-27)24(30)21-6-4-20(5-7-21)18-26-9-15-29(16-10-26)33(2,31)32/h3-8,17H,9-16,18H2,1-2H3. The van der Waals surface area contributed by atoms with Crippen molar-refractivity contribution in [3.8, 4) is 0 Å². The summed E-state index contributed by atoms with van der Waals surface area (Å²) < 4.78 is 24.9. The van der Waals surface area contributed by atoms with Crippen molar-refractivity contribution in [2.45, 2.75) is 13.5 Å². The number of carbonyl (C=O) groups is 1. The number of hydrogen-bond acceptors (Lipinski definition) is 5. The molecule has 2 fully saturated rings. The van der Waals surface area contributed by atoms with Crippen LogP contribution in [-0.2, 0) is 16.6 Å². The normalized spacial score (nSPS) is 18.5. The maximum Gasteiger partial charge on any atom is 0.253 e. The maximum atomic E-state index is 13.0. The van der Waals surface area contributed by atoms with E-state index in [9.17, 15) is 13.2 Å². The van der Waals surface area contributed by atoms with E-state index >= 15 is 0 Å². The van der Waals surface area contributed by atoms with Crippen molar-refractivity contribution < 1.29 is 13.2 Å². The van der Waals surface area contributed by atoms with Gasteiger partial charge in [-0.05, 0) is 42.3 Å². The number of sulfonamides is 1. The fraction of sp³-hybridized carbons (Fsp3) is 0.458. The monoisotopic (exact) mass is 490 g/mol. The number of aryl methyl sites for hydroxylation is 1. The van der Waals surface area contributed by atoms with Crippen molar-refractivity contribution in [2.75, 3.05) is 63.5 Å². The van der Waals surface area contributed by atoms with Crippen molar-refractivity contribution in [3.63, 3.8) is 0 Å². The van der Waals surface area contributed by atoms with Gasteiger partial charge in [-0.15, -0.1) is 0 Å². The van der Waals surface area contributed by atoms with E-state index in [1.165, 1.54) is 16.1 Å². The first-order valence-corrected chi connectivity index (χ1v) is 13.5. The summed E-state index contributed by atoms with van der Waals surface area (Å²) in [5.41, 5.74) is 4.15. The number of nitrogens with zero attached hydrogens (tertiary/aromatic N) is 4. The average Bonchev–Trinajstić information content (AvgIpc) is 2.81. The van der Waals surface area contributed by atoms with Crippen LogP contribution in [-0.4, -0.2) is 87.0 Å². The summed E-state index contributed by atoms with van der Waals surface area (Å²) in [6.45, 7) is 8.23. The maximum absolute atomic E-state index is 13.0. The lowest BCUT2D eigenvalue weighted by molar-refractivity contribution is 0.0746. The van der Waals surface area contributed by atoms with Crippen LogP contribution in [0.2, 0.25) is 5.02 Å². The molecule has 0 spiro atoms. The van der Waals surface area contributed by atoms with Gasteiger partial charge in [0.15, 0.2) is 0 Å². The molecule has 1 amide bonds. The highest BCUT2D eigenvalue weighted by atomic mass is 35.5. The van der Waals surface area contributed by atoms with E-state index in [4.69, 9.17) is 11.6 Å². The minimum atomic E-state index is -3.12. The second kappa shape index (κ2) is 10.0. The SMILES string of the molecule is Cc1ccc(Cl)cc1N1CCN(C(=O)c2ccc(CN3CCN(S(C)(=O)=O)CC3)cc2)CC1. The molecule has 9 heteroatoms. The van der Waals surface area contributed by atoms with Gasteiger partial charge in [-0.1, -0.05) is 29.8 Å². The molecule has 0 aromatic heterocycles. The number of rotatable bonds is 5. The first-order chi connectivity index (χ1) is 15.7. The van der Waals surface area contributed by atoms with Gasteiger partial charge in [-0.2, -0.15) is 4.31 Å². The molecule has 0 unspecified atom stereocenters. The Morgan fingerprint density at radius 2 is 1.55 bits per heavy atom. The Morgan fingerprint density at radius 1 is 0.909 bits per heavy atom. The number of benzene rings is 2. The smallest absolute Gasteiger partial charge is 0.253 e. The van der Waals surface area contributed by atoms with Gasteiger partial charge in [-0.3, -0.25) is 9.69 Å². The summed E-state index contributed by atoms with van der Waals surface area (Å²) in [5.74, 6) is 0.0609. The summed E-state index contributed by atoms with van der Waals surface area (Å²) in [6.07, 6.45) is 1.26. The molecule has 2 aromatic carbocycles. The molecule has 0 aliphatic carbocycles. The van der Waals surface area contributed by atoms with E-state index in [2.05, 4.69) is 16.7 Å². The predicted octanol–water partition coefficient (Wildman–Crippen LogP) is 2.69. The Morgan fingerprint density at radius 3 is 2.15 bits per heavy atom. The van der Waals surface area contributed by atoms with Crippen LogP contribution < -0.4 is 4.90 Å². The molecule has 0 bridgehead atoms. The van der Waals surface area contributed by atoms with Crippen LogP contribution >= 0.6 is 11.6 Å². The van der Waals surface area contributed by atoms with Gasteiger partial charge in [0.1, 0.15) is 0 Å². The van der Waals surface area contributed by atoms with E-state index in [0.717, 1.165) is 35.9 Å². The van der Waals surface area contributed by atoms with Crippen LogP contribution in [0.4, 0.5) is 5.69 Å². The molecule has 2 aliphatic rings. The van der Waals surface area contributed by atoms with Gasteiger partial charge in [-0.25, -0.2) is 8.42 Å². The first kappa shape index (κ1) is 24.0. The van der Waals surface area contributed by atoms with Gasteiger partial charge in [0.05, 0.1) is 6.26 Å². The lowest BCUT2D eigenvalue weighted by Crippen LogP contribution is -2.49. The minimum absolute atomic E-state index is 0.0609. The molecule has 4 rings (SSSR count). The third-order valence-corrected chi connectivity index (χ3v) is 8.02. The fourth-order valence-electron chi connectivity index (χ4n) is 4.49. The molecule has 0 saturated carbocycles. The van der Waals surface area contributed by atoms with Crippen molar-refractivity contribution in [2.24, 2.45) is 0 Å². The van der Waals surface area contributed by atoms with Gasteiger partial charge in [0.2, 0.25) is 10.0 Å². The third kappa shape index (κ3) is 5.87. The molecular formula is C24H31ClN4O3S. The van der Waals surface area contributed by atoms with E-state index in [1.54, 1.807) is 0 Å². The van der Waals surface area contributed by atoms with Gasteiger partial charge in [0, 0.05) is 75.2 Å². The summed E-state index contributed by atoms with van der Waals surface area (Å²) in [7, 11) is -3.12. The second-order valence-corrected chi connectivity index (χ2v) is 11.3. The predicted molar refractivity (Wildman–Crippen MR) is 132 cm³/mol. The minimum Gasteiger partial charge on any atom is -0.368 e. The molecule has 2 saturated heterocycles. The molecule has 7 nitrogen and oxygen atoms in total. The van der Waals surface area contributed by atoms with Crippen molar-refractivity contribution in [1.82, 2.24) is 14.1 Å². The van der Waals surface area contributed by atoms with Gasteiger partial charge >= 0.3 is 0 Å². The van der Waals surface area contributed by atoms with Crippen molar-refractivity contribution in [1.29, 1.82) is 0 Å². The van der Waals surface area contributed by atoms with Crippen molar-refractivity contribution in [3.05, 3.63) is 64.2 Å². The van der Waals surface area contributed by atoms with Gasteiger partial charge in [0.25, 0.3) is 5.91 Å². The number of carbonyl (C=O) groups excluding carboxylic acids is 1. The highest BCUT2D eigenvalue weighted by molar-refractivity contribution is 7.88. The highest BCUT2D eigenvalue weighted by Crippen LogP contribution is 2.25. The topological polar surface area (TPSA) is 64.2 Å². The second-order valence-electron chi connectivity index (χ2n) is 8.85. The molecule has 0 N–H and O–H groups in total. The lowest BCUT2D eigenvalue weighted by atomic mass is 10.1. The quantitative estimate of drug-likeness (QED) is 0.644. The number of hydrogen-bond donors (Lipinski definition) is 0. The molecule has 33 heavy (non-hydrogen) atoms. The Labute approximate surface area is 201 Å². The Balaban J connectivity index is 1.30. The summed E-state index contributed by atoms with van der Waals surface area (Å²) >= 11 is 6.17. The summed E-state index contributed by atoms with van der Waals surface area (Å²) in [5, 5.41) is 0.728. The molecule has 178 valence electrons. The number of halogens is 1. The highest BCUT2D eigenvalue weighted by Gasteiger charge is 2.25. The van der Waals surface area contributed by atoms with E-state index in [0.29, 0.717) is 44.8 Å². The Hall–Kier alpha value is -2.13. The molecular weight excluding hydrogens is 460 g/mol. The van der Waals surface area contributed by atoms with E-state index in [-0.39, 0.29) is 5.91 Å². The molecule has 0 atom stereocenters. The van der Waals surface area contributed by atoms with Gasteiger partial charge < -0.3 is 9.80 Å². The van der Waals surface area contributed by atoms with Crippen molar-refractivity contribution >= 4 is 33.2 Å².